The van der Waals surface area contributed by atoms with Crippen molar-refractivity contribution in [1.82, 2.24) is 14.9 Å². The molecule has 0 radical (unpaired) electrons. The summed E-state index contributed by atoms with van der Waals surface area (Å²) in [7, 11) is 0. The number of carbonyl (C=O) groups is 2. The molecule has 1 unspecified atom stereocenters. The highest BCUT2D eigenvalue weighted by atomic mass is 35.5. The summed E-state index contributed by atoms with van der Waals surface area (Å²) < 4.78 is 2.00. The van der Waals surface area contributed by atoms with E-state index in [4.69, 9.17) is 17.3 Å². The maximum Gasteiger partial charge on any atom is 0.318 e. The number of hydrogen-bond donors (Lipinski definition) is 2. The van der Waals surface area contributed by atoms with E-state index >= 15 is 0 Å². The highest BCUT2D eigenvalue weighted by molar-refractivity contribution is 8.00. The molecule has 1 heterocycles. The van der Waals surface area contributed by atoms with Crippen molar-refractivity contribution in [3.63, 3.8) is 0 Å². The van der Waals surface area contributed by atoms with Crippen LogP contribution in [0.3, 0.4) is 0 Å². The van der Waals surface area contributed by atoms with E-state index in [2.05, 4.69) is 10.3 Å². The molecule has 1 atom stereocenters. The largest absolute Gasteiger partial charge is 0.351 e. The first kappa shape index (κ1) is 20.0. The second-order valence-electron chi connectivity index (χ2n) is 6.17. The fourth-order valence-corrected chi connectivity index (χ4v) is 3.75. The van der Waals surface area contributed by atoms with Crippen LogP contribution in [0.5, 0.6) is 0 Å². The zero-order chi connectivity index (χ0) is 20.3. The lowest BCUT2D eigenvalue weighted by Gasteiger charge is -2.16. The van der Waals surface area contributed by atoms with Crippen LogP contribution in [0.15, 0.2) is 59.9 Å². The van der Waals surface area contributed by atoms with E-state index in [1.807, 2.05) is 60.0 Å². The van der Waals surface area contributed by atoms with Gasteiger partial charge in [0.1, 0.15) is 0 Å². The number of rotatable bonds is 5. The molecule has 3 amide bonds. The lowest BCUT2D eigenvalue weighted by Crippen LogP contribution is -2.39. The van der Waals surface area contributed by atoms with Gasteiger partial charge in [0.25, 0.3) is 0 Å². The number of halogens is 1. The molecule has 28 heavy (non-hydrogen) atoms. The van der Waals surface area contributed by atoms with Crippen molar-refractivity contribution in [3.8, 4) is 16.9 Å². The standard InChI is InChI=1S/C20H19ClN4O2S/c1-12-5-3-4-6-16(12)25-17(14-7-9-15(21)10-8-14)11-23-20(25)28-13(2)18(26)24-19(22)27/h3-11,13H,1-2H3,(H3,22,24,26,27). The molecule has 144 valence electrons. The summed E-state index contributed by atoms with van der Waals surface area (Å²) in [5.74, 6) is -0.468. The Labute approximate surface area is 172 Å². The molecule has 0 saturated heterocycles. The number of amides is 3. The number of carbonyl (C=O) groups excluding carboxylic acids is 2. The first-order chi connectivity index (χ1) is 13.4. The van der Waals surface area contributed by atoms with Crippen LogP contribution in [0.25, 0.3) is 16.9 Å². The van der Waals surface area contributed by atoms with Crippen molar-refractivity contribution in [2.24, 2.45) is 5.73 Å². The molecular formula is C20H19ClN4O2S. The number of aromatic nitrogens is 2. The quantitative estimate of drug-likeness (QED) is 0.613. The van der Waals surface area contributed by atoms with E-state index in [-0.39, 0.29) is 0 Å². The molecule has 1 aromatic heterocycles. The van der Waals surface area contributed by atoms with Gasteiger partial charge in [0.15, 0.2) is 5.16 Å². The first-order valence-electron chi connectivity index (χ1n) is 8.53. The van der Waals surface area contributed by atoms with Gasteiger partial charge in [-0.05, 0) is 37.6 Å². The van der Waals surface area contributed by atoms with Gasteiger partial charge < -0.3 is 5.73 Å². The van der Waals surface area contributed by atoms with Gasteiger partial charge in [-0.1, -0.05) is 53.7 Å². The van der Waals surface area contributed by atoms with Crippen LogP contribution in [-0.2, 0) is 4.79 Å². The van der Waals surface area contributed by atoms with E-state index in [1.165, 1.54) is 11.8 Å². The normalized spacial score (nSPS) is 11.8. The van der Waals surface area contributed by atoms with Gasteiger partial charge in [0.2, 0.25) is 5.91 Å². The monoisotopic (exact) mass is 414 g/mol. The SMILES string of the molecule is Cc1ccccc1-n1c(-c2ccc(Cl)cc2)cnc1SC(C)C(=O)NC(N)=O. The van der Waals surface area contributed by atoms with Gasteiger partial charge >= 0.3 is 6.03 Å². The molecular weight excluding hydrogens is 396 g/mol. The zero-order valence-corrected chi connectivity index (χ0v) is 16.9. The lowest BCUT2D eigenvalue weighted by atomic mass is 10.1. The number of urea groups is 1. The summed E-state index contributed by atoms with van der Waals surface area (Å²) in [5, 5.41) is 2.83. The van der Waals surface area contributed by atoms with E-state index < -0.39 is 17.2 Å². The molecule has 0 aliphatic carbocycles. The highest BCUT2D eigenvalue weighted by Crippen LogP contribution is 2.33. The predicted molar refractivity (Wildman–Crippen MR) is 112 cm³/mol. The third-order valence-electron chi connectivity index (χ3n) is 4.12. The van der Waals surface area contributed by atoms with E-state index in [0.717, 1.165) is 22.5 Å². The molecule has 0 fully saturated rings. The van der Waals surface area contributed by atoms with Gasteiger partial charge in [-0.15, -0.1) is 0 Å². The summed E-state index contributed by atoms with van der Waals surface area (Å²) in [6.45, 7) is 3.71. The average Bonchev–Trinajstić information content (AvgIpc) is 3.05. The number of thioether (sulfide) groups is 1. The molecule has 0 aliphatic rings. The minimum atomic E-state index is -0.874. The Bertz CT molecular complexity index is 1020. The van der Waals surface area contributed by atoms with Crippen molar-refractivity contribution in [2.75, 3.05) is 0 Å². The molecule has 0 saturated carbocycles. The Kier molecular flexibility index (Phi) is 6.06. The summed E-state index contributed by atoms with van der Waals surface area (Å²) in [6, 6.07) is 14.5. The highest BCUT2D eigenvalue weighted by Gasteiger charge is 2.22. The van der Waals surface area contributed by atoms with Crippen LogP contribution in [0, 0.1) is 6.92 Å². The number of primary amides is 1. The summed E-state index contributed by atoms with van der Waals surface area (Å²) in [5.41, 5.74) is 8.88. The number of para-hydroxylation sites is 1. The summed E-state index contributed by atoms with van der Waals surface area (Å²) in [4.78, 5) is 27.6. The van der Waals surface area contributed by atoms with E-state index in [9.17, 15) is 9.59 Å². The molecule has 3 aromatic rings. The van der Waals surface area contributed by atoms with Crippen molar-refractivity contribution < 1.29 is 9.59 Å². The van der Waals surface area contributed by atoms with Crippen molar-refractivity contribution >= 4 is 35.3 Å². The third-order valence-corrected chi connectivity index (χ3v) is 5.44. The van der Waals surface area contributed by atoms with Crippen LogP contribution < -0.4 is 11.1 Å². The number of nitrogens with one attached hydrogen (secondary N) is 1. The number of nitrogens with two attached hydrogens (primary N) is 1. The van der Waals surface area contributed by atoms with Gasteiger partial charge in [-0.25, -0.2) is 9.78 Å². The molecule has 0 aliphatic heterocycles. The van der Waals surface area contributed by atoms with Crippen molar-refractivity contribution in [3.05, 3.63) is 65.3 Å². The van der Waals surface area contributed by atoms with Gasteiger partial charge in [0, 0.05) is 10.6 Å². The fraction of sp³-hybridized carbons (Fsp3) is 0.150. The first-order valence-corrected chi connectivity index (χ1v) is 9.79. The van der Waals surface area contributed by atoms with Crippen LogP contribution in [0.1, 0.15) is 12.5 Å². The summed E-state index contributed by atoms with van der Waals surface area (Å²) in [6.07, 6.45) is 1.76. The van der Waals surface area contributed by atoms with E-state index in [1.54, 1.807) is 13.1 Å². The number of imidazole rings is 1. The zero-order valence-electron chi connectivity index (χ0n) is 15.3. The number of imide groups is 1. The van der Waals surface area contributed by atoms with Gasteiger partial charge in [0.05, 0.1) is 22.8 Å². The Morgan fingerprint density at radius 3 is 2.50 bits per heavy atom. The maximum atomic E-state index is 12.1. The average molecular weight is 415 g/mol. The summed E-state index contributed by atoms with van der Waals surface area (Å²) >= 11 is 7.27. The Balaban J connectivity index is 2.06. The smallest absolute Gasteiger partial charge is 0.318 e. The van der Waals surface area contributed by atoms with Crippen molar-refractivity contribution in [1.29, 1.82) is 0 Å². The van der Waals surface area contributed by atoms with Crippen molar-refractivity contribution in [2.45, 2.75) is 24.3 Å². The minimum absolute atomic E-state index is 0.468. The second kappa shape index (κ2) is 8.50. The molecule has 2 aromatic carbocycles. The molecule has 0 bridgehead atoms. The topological polar surface area (TPSA) is 90.0 Å². The van der Waals surface area contributed by atoms with Crippen LogP contribution >= 0.6 is 23.4 Å². The molecule has 8 heteroatoms. The third kappa shape index (κ3) is 4.37. The van der Waals surface area contributed by atoms with Gasteiger partial charge in [-0.3, -0.25) is 14.7 Å². The Hall–Kier alpha value is -2.77. The Morgan fingerprint density at radius 1 is 1.18 bits per heavy atom. The fourth-order valence-electron chi connectivity index (χ4n) is 2.72. The van der Waals surface area contributed by atoms with Crippen LogP contribution in [0.2, 0.25) is 5.02 Å². The molecule has 3 rings (SSSR count). The lowest BCUT2D eigenvalue weighted by molar-refractivity contribution is -0.119. The Morgan fingerprint density at radius 2 is 1.86 bits per heavy atom. The van der Waals surface area contributed by atoms with Gasteiger partial charge in [-0.2, -0.15) is 0 Å². The number of aryl methyl sites for hydroxylation is 1. The number of hydrogen-bond acceptors (Lipinski definition) is 4. The number of nitrogens with zero attached hydrogens (tertiary/aromatic N) is 2. The molecule has 6 nitrogen and oxygen atoms in total. The maximum absolute atomic E-state index is 12.1. The molecule has 0 spiro atoms. The minimum Gasteiger partial charge on any atom is -0.351 e. The molecule has 3 N–H and O–H groups in total. The van der Waals surface area contributed by atoms with Crippen LogP contribution in [0.4, 0.5) is 4.79 Å². The predicted octanol–water partition coefficient (Wildman–Crippen LogP) is 4.18. The van der Waals surface area contributed by atoms with E-state index in [0.29, 0.717) is 10.2 Å². The number of benzene rings is 2. The van der Waals surface area contributed by atoms with Crippen LogP contribution in [-0.4, -0.2) is 26.7 Å². The second-order valence-corrected chi connectivity index (χ2v) is 7.91.